The average Bonchev–Trinajstić information content (AvgIpc) is 2.72. The van der Waals surface area contributed by atoms with Gasteiger partial charge in [0, 0.05) is 12.1 Å². The third-order valence-corrected chi connectivity index (χ3v) is 5.46. The molecule has 3 heteroatoms. The summed E-state index contributed by atoms with van der Waals surface area (Å²) in [6.07, 6.45) is 8.63. The van der Waals surface area contributed by atoms with E-state index in [0.717, 1.165) is 24.3 Å². The molecule has 0 aromatic heterocycles. The Bertz CT molecular complexity index is 593. The van der Waals surface area contributed by atoms with Crippen molar-refractivity contribution in [2.75, 3.05) is 14.2 Å². The monoisotopic (exact) mass is 353 g/mol. The molecule has 1 aliphatic rings. The summed E-state index contributed by atoms with van der Waals surface area (Å²) in [4.78, 5) is 0. The Balaban J connectivity index is 1.42. The molecule has 1 saturated heterocycles. The molecular weight excluding hydrogens is 322 g/mol. The van der Waals surface area contributed by atoms with Crippen LogP contribution in [0.5, 0.6) is 11.5 Å². The molecule has 0 bridgehead atoms. The van der Waals surface area contributed by atoms with Crippen LogP contribution in [0.3, 0.4) is 0 Å². The predicted octanol–water partition coefficient (Wildman–Crippen LogP) is 4.78. The third-order valence-electron chi connectivity index (χ3n) is 5.46. The SMILES string of the molecule is COc1ccc(CC[C@H]2CCC[C@@H](CCc3ccc(OC)cc3)N2)cc1. The lowest BCUT2D eigenvalue weighted by Crippen LogP contribution is -2.42. The average molecular weight is 354 g/mol. The zero-order chi connectivity index (χ0) is 18.2. The first-order valence-electron chi connectivity index (χ1n) is 9.78. The Kier molecular flexibility index (Phi) is 6.96. The molecule has 0 aliphatic carbocycles. The lowest BCUT2D eigenvalue weighted by Gasteiger charge is -2.31. The van der Waals surface area contributed by atoms with Gasteiger partial charge < -0.3 is 14.8 Å². The predicted molar refractivity (Wildman–Crippen MR) is 107 cm³/mol. The smallest absolute Gasteiger partial charge is 0.118 e. The highest BCUT2D eigenvalue weighted by Crippen LogP contribution is 2.21. The Morgan fingerprint density at radius 3 is 1.54 bits per heavy atom. The van der Waals surface area contributed by atoms with Gasteiger partial charge in [-0.3, -0.25) is 0 Å². The zero-order valence-electron chi connectivity index (χ0n) is 16.0. The summed E-state index contributed by atoms with van der Waals surface area (Å²) in [7, 11) is 3.43. The van der Waals surface area contributed by atoms with Gasteiger partial charge in [0.1, 0.15) is 11.5 Å². The second-order valence-electron chi connectivity index (χ2n) is 7.26. The number of rotatable bonds is 8. The second kappa shape index (κ2) is 9.63. The van der Waals surface area contributed by atoms with Gasteiger partial charge in [0.25, 0.3) is 0 Å². The lowest BCUT2D eigenvalue weighted by atomic mass is 9.91. The number of piperidine rings is 1. The van der Waals surface area contributed by atoms with Crippen LogP contribution in [-0.2, 0) is 12.8 Å². The molecular formula is C23H31NO2. The molecule has 0 saturated carbocycles. The van der Waals surface area contributed by atoms with E-state index in [1.165, 1.54) is 43.2 Å². The highest BCUT2D eigenvalue weighted by molar-refractivity contribution is 5.28. The van der Waals surface area contributed by atoms with Gasteiger partial charge in [0.15, 0.2) is 0 Å². The van der Waals surface area contributed by atoms with E-state index in [-0.39, 0.29) is 0 Å². The van der Waals surface area contributed by atoms with Crippen LogP contribution in [0.15, 0.2) is 48.5 Å². The van der Waals surface area contributed by atoms with Gasteiger partial charge in [0.05, 0.1) is 14.2 Å². The van der Waals surface area contributed by atoms with Crippen molar-refractivity contribution in [1.29, 1.82) is 0 Å². The van der Waals surface area contributed by atoms with E-state index in [4.69, 9.17) is 9.47 Å². The number of hydrogen-bond acceptors (Lipinski definition) is 3. The molecule has 0 unspecified atom stereocenters. The van der Waals surface area contributed by atoms with Gasteiger partial charge >= 0.3 is 0 Å². The van der Waals surface area contributed by atoms with Crippen LogP contribution in [0.4, 0.5) is 0 Å². The quantitative estimate of drug-likeness (QED) is 0.741. The number of methoxy groups -OCH3 is 2. The van der Waals surface area contributed by atoms with E-state index in [2.05, 4.69) is 53.8 Å². The fourth-order valence-corrected chi connectivity index (χ4v) is 3.83. The maximum atomic E-state index is 5.23. The van der Waals surface area contributed by atoms with Gasteiger partial charge in [-0.15, -0.1) is 0 Å². The van der Waals surface area contributed by atoms with Crippen LogP contribution < -0.4 is 14.8 Å². The normalized spacial score (nSPS) is 19.9. The first-order chi connectivity index (χ1) is 12.8. The van der Waals surface area contributed by atoms with E-state index < -0.39 is 0 Å². The Labute approximate surface area is 157 Å². The Morgan fingerprint density at radius 1 is 0.731 bits per heavy atom. The highest BCUT2D eigenvalue weighted by Gasteiger charge is 2.20. The molecule has 2 atom stereocenters. The minimum absolute atomic E-state index is 0.645. The van der Waals surface area contributed by atoms with Crippen molar-refractivity contribution in [3.8, 4) is 11.5 Å². The maximum absolute atomic E-state index is 5.23. The highest BCUT2D eigenvalue weighted by atomic mass is 16.5. The molecule has 26 heavy (non-hydrogen) atoms. The Hall–Kier alpha value is -2.00. The van der Waals surface area contributed by atoms with Crippen molar-refractivity contribution in [3.63, 3.8) is 0 Å². The van der Waals surface area contributed by atoms with Gasteiger partial charge in [-0.05, 0) is 73.9 Å². The Morgan fingerprint density at radius 2 is 1.15 bits per heavy atom. The van der Waals surface area contributed by atoms with Crippen LogP contribution in [0.1, 0.15) is 43.2 Å². The summed E-state index contributed by atoms with van der Waals surface area (Å²) >= 11 is 0. The van der Waals surface area contributed by atoms with Gasteiger partial charge in [-0.1, -0.05) is 30.7 Å². The molecule has 0 amide bonds. The fourth-order valence-electron chi connectivity index (χ4n) is 3.83. The van der Waals surface area contributed by atoms with Crippen LogP contribution in [0.25, 0.3) is 0 Å². The standard InChI is InChI=1S/C23H31NO2/c1-25-22-14-8-18(9-15-22)6-12-20-4-3-5-21(24-20)13-7-19-10-16-23(26-2)17-11-19/h8-11,14-17,20-21,24H,3-7,12-13H2,1-2H3/t20-,21+. The molecule has 1 fully saturated rings. The van der Waals surface area contributed by atoms with Crippen molar-refractivity contribution in [1.82, 2.24) is 5.32 Å². The topological polar surface area (TPSA) is 30.5 Å². The van der Waals surface area contributed by atoms with E-state index in [1.807, 2.05) is 0 Å². The minimum atomic E-state index is 0.645. The molecule has 3 rings (SSSR count). The number of benzene rings is 2. The van der Waals surface area contributed by atoms with E-state index in [0.29, 0.717) is 12.1 Å². The number of nitrogens with one attached hydrogen (secondary N) is 1. The summed E-state index contributed by atoms with van der Waals surface area (Å²) in [6.45, 7) is 0. The molecule has 3 nitrogen and oxygen atoms in total. The van der Waals surface area contributed by atoms with Crippen molar-refractivity contribution >= 4 is 0 Å². The second-order valence-corrected chi connectivity index (χ2v) is 7.26. The van der Waals surface area contributed by atoms with Crippen LogP contribution in [-0.4, -0.2) is 26.3 Å². The molecule has 0 radical (unpaired) electrons. The van der Waals surface area contributed by atoms with Crippen LogP contribution in [0, 0.1) is 0 Å². The van der Waals surface area contributed by atoms with Crippen LogP contribution in [0.2, 0.25) is 0 Å². The van der Waals surface area contributed by atoms with Gasteiger partial charge in [-0.25, -0.2) is 0 Å². The van der Waals surface area contributed by atoms with Crippen molar-refractivity contribution in [3.05, 3.63) is 59.7 Å². The summed E-state index contributed by atoms with van der Waals surface area (Å²) in [5.74, 6) is 1.87. The minimum Gasteiger partial charge on any atom is -0.497 e. The first kappa shape index (κ1) is 18.8. The van der Waals surface area contributed by atoms with Crippen molar-refractivity contribution in [2.24, 2.45) is 0 Å². The molecule has 1 N–H and O–H groups in total. The summed E-state index contributed by atoms with van der Waals surface area (Å²) in [5.41, 5.74) is 2.79. The molecule has 1 heterocycles. The molecule has 1 aliphatic heterocycles. The van der Waals surface area contributed by atoms with Gasteiger partial charge in [-0.2, -0.15) is 0 Å². The van der Waals surface area contributed by atoms with Crippen molar-refractivity contribution in [2.45, 2.75) is 57.0 Å². The summed E-state index contributed by atoms with van der Waals surface area (Å²) in [5, 5.41) is 3.89. The van der Waals surface area contributed by atoms with E-state index in [1.54, 1.807) is 14.2 Å². The molecule has 2 aromatic carbocycles. The number of ether oxygens (including phenoxy) is 2. The largest absolute Gasteiger partial charge is 0.497 e. The van der Waals surface area contributed by atoms with E-state index >= 15 is 0 Å². The molecule has 140 valence electrons. The summed E-state index contributed by atoms with van der Waals surface area (Å²) in [6, 6.07) is 18.3. The van der Waals surface area contributed by atoms with Crippen LogP contribution >= 0.6 is 0 Å². The lowest BCUT2D eigenvalue weighted by molar-refractivity contribution is 0.297. The number of aryl methyl sites for hydroxylation is 2. The molecule has 2 aromatic rings. The number of hydrogen-bond donors (Lipinski definition) is 1. The zero-order valence-corrected chi connectivity index (χ0v) is 16.0. The summed E-state index contributed by atoms with van der Waals surface area (Å²) < 4.78 is 10.5. The fraction of sp³-hybridized carbons (Fsp3) is 0.478. The molecule has 0 spiro atoms. The third kappa shape index (κ3) is 5.50. The van der Waals surface area contributed by atoms with Gasteiger partial charge in [0.2, 0.25) is 0 Å². The van der Waals surface area contributed by atoms with E-state index in [9.17, 15) is 0 Å². The maximum Gasteiger partial charge on any atom is 0.118 e. The first-order valence-corrected chi connectivity index (χ1v) is 9.78. The van der Waals surface area contributed by atoms with Crippen molar-refractivity contribution < 1.29 is 9.47 Å².